The summed E-state index contributed by atoms with van der Waals surface area (Å²) < 4.78 is 30.8. The zero-order valence-electron chi connectivity index (χ0n) is 8.75. The summed E-state index contributed by atoms with van der Waals surface area (Å²) >= 11 is 0. The molecule has 0 radical (unpaired) electrons. The second kappa shape index (κ2) is 5.25. The number of nitrogens with one attached hydrogen (secondary N) is 1. The minimum absolute atomic E-state index is 0. The van der Waals surface area contributed by atoms with E-state index in [-0.39, 0.29) is 24.7 Å². The highest BCUT2D eigenvalue weighted by Crippen LogP contribution is 2.26. The van der Waals surface area contributed by atoms with Crippen LogP contribution in [0.5, 0.6) is 0 Å². The molecule has 2 fully saturated rings. The maximum absolute atomic E-state index is 12.9. The van der Waals surface area contributed by atoms with Crippen molar-refractivity contribution in [2.45, 2.75) is 18.4 Å². The Balaban J connectivity index is 0.00000128. The molecule has 1 unspecified atom stereocenters. The van der Waals surface area contributed by atoms with E-state index in [1.807, 2.05) is 0 Å². The lowest BCUT2D eigenvalue weighted by molar-refractivity contribution is -0.137. The van der Waals surface area contributed by atoms with Gasteiger partial charge in [0.05, 0.1) is 25.8 Å². The predicted molar refractivity (Wildman–Crippen MR) is 56.0 cm³/mol. The van der Waals surface area contributed by atoms with Crippen LogP contribution in [0, 0.1) is 0 Å². The van der Waals surface area contributed by atoms with E-state index in [1.165, 1.54) is 0 Å². The van der Waals surface area contributed by atoms with Crippen molar-refractivity contribution in [3.63, 3.8) is 0 Å². The average molecular weight is 257 g/mol. The molecular weight excluding hydrogens is 242 g/mol. The zero-order valence-corrected chi connectivity index (χ0v) is 9.56. The minimum atomic E-state index is -2.74. The van der Waals surface area contributed by atoms with Gasteiger partial charge in [-0.25, -0.2) is 8.78 Å². The fourth-order valence-corrected chi connectivity index (χ4v) is 1.89. The maximum Gasteiger partial charge on any atom is 0.262 e. The van der Waals surface area contributed by atoms with Gasteiger partial charge in [-0.1, -0.05) is 0 Å². The van der Waals surface area contributed by atoms with Crippen molar-refractivity contribution in [1.82, 2.24) is 10.2 Å². The van der Waals surface area contributed by atoms with Crippen molar-refractivity contribution >= 4 is 18.3 Å². The van der Waals surface area contributed by atoms with Gasteiger partial charge >= 0.3 is 0 Å². The van der Waals surface area contributed by atoms with Crippen LogP contribution < -0.4 is 5.32 Å². The molecule has 2 saturated heterocycles. The molecule has 1 N–H and O–H groups in total. The molecule has 7 heteroatoms. The molecule has 0 saturated carbocycles. The topological polar surface area (TPSA) is 41.6 Å². The van der Waals surface area contributed by atoms with E-state index in [9.17, 15) is 13.6 Å². The Hall–Kier alpha value is -0.460. The summed E-state index contributed by atoms with van der Waals surface area (Å²) in [5.74, 6) is -2.97. The molecule has 0 bridgehead atoms. The molecule has 0 aromatic rings. The van der Waals surface area contributed by atoms with Crippen LogP contribution in [0.15, 0.2) is 0 Å². The maximum atomic E-state index is 12.9. The first-order valence-corrected chi connectivity index (χ1v) is 5.06. The molecule has 1 atom stereocenters. The Bertz CT molecular complexity index is 260. The first-order valence-electron chi connectivity index (χ1n) is 5.06. The second-order valence-corrected chi connectivity index (χ2v) is 3.93. The zero-order chi connectivity index (χ0) is 10.9. The van der Waals surface area contributed by atoms with E-state index >= 15 is 0 Å². The molecule has 2 aliphatic heterocycles. The highest BCUT2D eigenvalue weighted by molar-refractivity contribution is 5.85. The number of ether oxygens (including phenoxy) is 1. The van der Waals surface area contributed by atoms with Crippen molar-refractivity contribution < 1.29 is 18.3 Å². The van der Waals surface area contributed by atoms with Gasteiger partial charge in [-0.15, -0.1) is 12.4 Å². The lowest BCUT2D eigenvalue weighted by Crippen LogP contribution is -2.48. The summed E-state index contributed by atoms with van der Waals surface area (Å²) in [6, 6.07) is -0.724. The summed E-state index contributed by atoms with van der Waals surface area (Å²) in [4.78, 5) is 13.3. The molecule has 2 rings (SSSR count). The summed E-state index contributed by atoms with van der Waals surface area (Å²) in [5, 5.41) is 2.56. The number of nitrogens with zero attached hydrogens (tertiary/aromatic N) is 1. The normalized spacial score (nSPS) is 28.6. The Morgan fingerprint density at radius 3 is 2.50 bits per heavy atom. The van der Waals surface area contributed by atoms with Crippen molar-refractivity contribution in [3.05, 3.63) is 0 Å². The first kappa shape index (κ1) is 13.6. The van der Waals surface area contributed by atoms with Gasteiger partial charge in [-0.2, -0.15) is 0 Å². The number of rotatable bonds is 1. The second-order valence-electron chi connectivity index (χ2n) is 3.93. The number of morpholine rings is 1. The molecule has 0 aromatic heterocycles. The summed E-state index contributed by atoms with van der Waals surface area (Å²) in [6.07, 6.45) is -0.386. The van der Waals surface area contributed by atoms with E-state index < -0.39 is 18.5 Å². The molecule has 2 aliphatic rings. The fraction of sp³-hybridized carbons (Fsp3) is 0.889. The standard InChI is InChI=1S/C9H14F2N2O2.ClH/c10-9(11)5-7(12-6-9)8(14)13-1-3-15-4-2-13;/h7,12H,1-6H2;1H. The SMILES string of the molecule is Cl.O=C(C1CC(F)(F)CN1)N1CCOCC1. The number of amides is 1. The smallest absolute Gasteiger partial charge is 0.262 e. The van der Waals surface area contributed by atoms with Crippen LogP contribution in [0.3, 0.4) is 0 Å². The van der Waals surface area contributed by atoms with Gasteiger partial charge in [-0.3, -0.25) is 10.1 Å². The van der Waals surface area contributed by atoms with E-state index in [2.05, 4.69) is 5.32 Å². The average Bonchev–Trinajstić information content (AvgIpc) is 2.59. The van der Waals surface area contributed by atoms with Crippen molar-refractivity contribution in [2.24, 2.45) is 0 Å². The predicted octanol–water partition coefficient (Wildman–Crippen LogP) is 0.264. The lowest BCUT2D eigenvalue weighted by atomic mass is 10.1. The number of hydrogen-bond donors (Lipinski definition) is 1. The van der Waals surface area contributed by atoms with Crippen LogP contribution in [-0.2, 0) is 9.53 Å². The highest BCUT2D eigenvalue weighted by Gasteiger charge is 2.43. The van der Waals surface area contributed by atoms with Crippen LogP contribution in [0.25, 0.3) is 0 Å². The first-order chi connectivity index (χ1) is 7.08. The summed E-state index contributed by atoms with van der Waals surface area (Å²) in [6.45, 7) is 1.60. The minimum Gasteiger partial charge on any atom is -0.378 e. The Morgan fingerprint density at radius 1 is 1.38 bits per heavy atom. The van der Waals surface area contributed by atoms with Gasteiger partial charge in [0.25, 0.3) is 5.92 Å². The number of carbonyl (C=O) groups excluding carboxylic acids is 1. The molecule has 0 aliphatic carbocycles. The van der Waals surface area contributed by atoms with E-state index in [1.54, 1.807) is 4.90 Å². The van der Waals surface area contributed by atoms with Gasteiger partial charge in [0, 0.05) is 19.5 Å². The van der Waals surface area contributed by atoms with Crippen molar-refractivity contribution in [2.75, 3.05) is 32.8 Å². The lowest BCUT2D eigenvalue weighted by Gasteiger charge is -2.29. The van der Waals surface area contributed by atoms with E-state index in [4.69, 9.17) is 4.74 Å². The van der Waals surface area contributed by atoms with Gasteiger partial charge in [0.2, 0.25) is 5.91 Å². The third-order valence-electron chi connectivity index (χ3n) is 2.73. The Labute approximate surface area is 98.7 Å². The quantitative estimate of drug-likeness (QED) is 0.732. The molecule has 4 nitrogen and oxygen atoms in total. The van der Waals surface area contributed by atoms with Gasteiger partial charge < -0.3 is 9.64 Å². The molecule has 1 amide bonds. The largest absolute Gasteiger partial charge is 0.378 e. The molecule has 0 aromatic carbocycles. The third-order valence-corrected chi connectivity index (χ3v) is 2.73. The van der Waals surface area contributed by atoms with Crippen molar-refractivity contribution in [3.8, 4) is 0 Å². The van der Waals surface area contributed by atoms with Gasteiger partial charge in [0.15, 0.2) is 0 Å². The summed E-state index contributed by atoms with van der Waals surface area (Å²) in [5.41, 5.74) is 0. The Kier molecular flexibility index (Phi) is 4.46. The third kappa shape index (κ3) is 3.02. The monoisotopic (exact) mass is 256 g/mol. The van der Waals surface area contributed by atoms with Crippen LogP contribution in [0.1, 0.15) is 6.42 Å². The van der Waals surface area contributed by atoms with Gasteiger partial charge in [-0.05, 0) is 0 Å². The highest BCUT2D eigenvalue weighted by atomic mass is 35.5. The number of halogens is 3. The number of alkyl halides is 2. The molecule has 16 heavy (non-hydrogen) atoms. The van der Waals surface area contributed by atoms with E-state index in [0.29, 0.717) is 26.3 Å². The molecular formula is C9H15ClF2N2O2. The fourth-order valence-electron chi connectivity index (χ4n) is 1.89. The summed E-state index contributed by atoms with van der Waals surface area (Å²) in [7, 11) is 0. The number of carbonyl (C=O) groups is 1. The molecule has 94 valence electrons. The van der Waals surface area contributed by atoms with Crippen LogP contribution in [0.4, 0.5) is 8.78 Å². The number of hydrogen-bond acceptors (Lipinski definition) is 3. The Morgan fingerprint density at radius 2 is 2.00 bits per heavy atom. The van der Waals surface area contributed by atoms with Crippen molar-refractivity contribution in [1.29, 1.82) is 0 Å². The molecule has 2 heterocycles. The van der Waals surface area contributed by atoms with Gasteiger partial charge in [0.1, 0.15) is 0 Å². The molecule has 0 spiro atoms. The van der Waals surface area contributed by atoms with E-state index in [0.717, 1.165) is 0 Å². The van der Waals surface area contributed by atoms with Crippen LogP contribution in [0.2, 0.25) is 0 Å². The van der Waals surface area contributed by atoms with Crippen LogP contribution >= 0.6 is 12.4 Å². The van der Waals surface area contributed by atoms with Crippen LogP contribution in [-0.4, -0.2) is 55.6 Å².